The van der Waals surface area contributed by atoms with Crippen LogP contribution in [0.4, 0.5) is 0 Å². The van der Waals surface area contributed by atoms with Gasteiger partial charge in [-0.1, -0.05) is 0 Å². The molecule has 0 spiro atoms. The number of benzene rings is 1. The number of nitrogens with zero attached hydrogens (tertiary/aromatic N) is 1. The van der Waals surface area contributed by atoms with E-state index < -0.39 is 34.5 Å². The van der Waals surface area contributed by atoms with Gasteiger partial charge in [0.15, 0.2) is 0 Å². The first-order chi connectivity index (χ1) is 11.6. The number of carboxylic acid groups (broad SMARTS) is 1. The molecule has 0 saturated carbocycles. The molecule has 1 aromatic rings. The van der Waals surface area contributed by atoms with Crippen LogP contribution in [0.3, 0.4) is 0 Å². The summed E-state index contributed by atoms with van der Waals surface area (Å²) in [6.07, 6.45) is 0. The molecule has 0 aliphatic carbocycles. The quantitative estimate of drug-likeness (QED) is 0.653. The van der Waals surface area contributed by atoms with Crippen LogP contribution >= 0.6 is 0 Å². The number of hydrogen-bond acceptors (Lipinski definition) is 6. The minimum absolute atomic E-state index is 0.0639. The summed E-state index contributed by atoms with van der Waals surface area (Å²) in [5.41, 5.74) is 0.527. The van der Waals surface area contributed by atoms with Gasteiger partial charge in [-0.3, -0.25) is 4.79 Å². The third-order valence-electron chi connectivity index (χ3n) is 3.26. The Balaban J connectivity index is 3.45. The Hall–Kier alpha value is -1.97. The van der Waals surface area contributed by atoms with Crippen molar-refractivity contribution in [3.05, 3.63) is 29.3 Å². The highest BCUT2D eigenvalue weighted by atomic mass is 32.2. The van der Waals surface area contributed by atoms with Crippen molar-refractivity contribution in [1.82, 2.24) is 4.31 Å². The van der Waals surface area contributed by atoms with Crippen LogP contribution < -0.4 is 0 Å². The highest BCUT2D eigenvalue weighted by Crippen LogP contribution is 2.22. The Morgan fingerprint density at radius 2 is 1.88 bits per heavy atom. The molecule has 1 rings (SSSR count). The van der Waals surface area contributed by atoms with E-state index >= 15 is 0 Å². The van der Waals surface area contributed by atoms with Crippen molar-refractivity contribution in [3.8, 4) is 0 Å². The van der Waals surface area contributed by atoms with E-state index in [9.17, 15) is 18.0 Å². The van der Waals surface area contributed by atoms with E-state index in [2.05, 4.69) is 0 Å². The number of carboxylic acids is 1. The number of carbonyl (C=O) groups excluding carboxylic acids is 1. The molecule has 0 aliphatic rings. The van der Waals surface area contributed by atoms with E-state index in [0.29, 0.717) is 5.56 Å². The van der Waals surface area contributed by atoms with Gasteiger partial charge >= 0.3 is 11.9 Å². The minimum atomic E-state index is -4.12. The van der Waals surface area contributed by atoms with Gasteiger partial charge in [0.05, 0.1) is 23.7 Å². The average molecular weight is 373 g/mol. The minimum Gasteiger partial charge on any atom is -0.480 e. The maximum Gasteiger partial charge on any atom is 0.338 e. The lowest BCUT2D eigenvalue weighted by Crippen LogP contribution is -2.40. The predicted molar refractivity (Wildman–Crippen MR) is 89.8 cm³/mol. The maximum absolute atomic E-state index is 12.9. The molecule has 0 amide bonds. The second-order valence-electron chi connectivity index (χ2n) is 5.56. The Kier molecular flexibility index (Phi) is 7.53. The lowest BCUT2D eigenvalue weighted by atomic mass is 10.1. The van der Waals surface area contributed by atoms with Crippen LogP contribution in [0, 0.1) is 0 Å². The number of ether oxygens (including phenoxy) is 2. The Labute approximate surface area is 147 Å². The molecule has 25 heavy (non-hydrogen) atoms. The lowest BCUT2D eigenvalue weighted by Gasteiger charge is -2.24. The van der Waals surface area contributed by atoms with E-state index in [0.717, 1.165) is 4.31 Å². The van der Waals surface area contributed by atoms with Crippen LogP contribution in [0.1, 0.15) is 36.7 Å². The van der Waals surface area contributed by atoms with Crippen LogP contribution in [0.2, 0.25) is 0 Å². The van der Waals surface area contributed by atoms with Gasteiger partial charge in [-0.05, 0) is 44.5 Å². The molecule has 9 heteroatoms. The number of sulfonamides is 1. The number of aliphatic carboxylic acids is 1. The van der Waals surface area contributed by atoms with E-state index in [1.807, 2.05) is 0 Å². The monoisotopic (exact) mass is 373 g/mol. The number of rotatable bonds is 9. The van der Waals surface area contributed by atoms with Gasteiger partial charge in [0.1, 0.15) is 6.54 Å². The van der Waals surface area contributed by atoms with Crippen LogP contribution in [-0.4, -0.2) is 56.1 Å². The molecule has 0 radical (unpaired) electrons. The summed E-state index contributed by atoms with van der Waals surface area (Å²) >= 11 is 0. The summed E-state index contributed by atoms with van der Waals surface area (Å²) in [4.78, 5) is 22.8. The molecule has 1 N–H and O–H groups in total. The second kappa shape index (κ2) is 8.93. The lowest BCUT2D eigenvalue weighted by molar-refractivity contribution is -0.137. The van der Waals surface area contributed by atoms with E-state index in [4.69, 9.17) is 14.6 Å². The zero-order valence-electron chi connectivity index (χ0n) is 14.7. The van der Waals surface area contributed by atoms with Gasteiger partial charge in [0.25, 0.3) is 0 Å². The van der Waals surface area contributed by atoms with Gasteiger partial charge in [0.2, 0.25) is 10.0 Å². The largest absolute Gasteiger partial charge is 0.480 e. The van der Waals surface area contributed by atoms with Crippen LogP contribution in [0.5, 0.6) is 0 Å². The molecule has 0 bridgehead atoms. The maximum atomic E-state index is 12.9. The smallest absolute Gasteiger partial charge is 0.338 e. The Morgan fingerprint density at radius 1 is 1.24 bits per heavy atom. The highest BCUT2D eigenvalue weighted by Gasteiger charge is 2.30. The van der Waals surface area contributed by atoms with Gasteiger partial charge in [-0.15, -0.1) is 0 Å². The summed E-state index contributed by atoms with van der Waals surface area (Å²) in [7, 11) is -2.68. The molecule has 1 aromatic carbocycles. The normalized spacial score (nSPS) is 11.8. The van der Waals surface area contributed by atoms with Crippen molar-refractivity contribution >= 4 is 22.0 Å². The average Bonchev–Trinajstić information content (AvgIpc) is 2.52. The van der Waals surface area contributed by atoms with Gasteiger partial charge in [-0.25, -0.2) is 13.2 Å². The number of esters is 1. The van der Waals surface area contributed by atoms with Crippen molar-refractivity contribution in [2.24, 2.45) is 0 Å². The fourth-order valence-electron chi connectivity index (χ4n) is 2.21. The summed E-state index contributed by atoms with van der Waals surface area (Å²) in [5, 5.41) is 8.99. The van der Waals surface area contributed by atoms with Gasteiger partial charge in [-0.2, -0.15) is 4.31 Å². The molecule has 0 fully saturated rings. The number of methoxy groups -OCH3 is 1. The van der Waals surface area contributed by atoms with Crippen molar-refractivity contribution in [2.75, 3.05) is 20.3 Å². The van der Waals surface area contributed by atoms with E-state index in [1.54, 1.807) is 20.8 Å². The van der Waals surface area contributed by atoms with Crippen LogP contribution in [0.25, 0.3) is 0 Å². The standard InChI is InChI=1S/C16H23NO7S/c1-5-24-16(20)13-6-12(10-23-4)7-14(8-13)25(21,22)17(11(2)3)9-15(18)19/h6-8,11H,5,9-10H2,1-4H3,(H,18,19). The molecule has 140 valence electrons. The topological polar surface area (TPSA) is 110 Å². The first-order valence-electron chi connectivity index (χ1n) is 7.67. The van der Waals surface area contributed by atoms with E-state index in [-0.39, 0.29) is 23.7 Å². The third kappa shape index (κ3) is 5.52. The second-order valence-corrected chi connectivity index (χ2v) is 7.45. The highest BCUT2D eigenvalue weighted by molar-refractivity contribution is 7.89. The summed E-state index contributed by atoms with van der Waals surface area (Å²) in [6.45, 7) is 4.35. The molecule has 0 aromatic heterocycles. The third-order valence-corrected chi connectivity index (χ3v) is 5.26. The first kappa shape index (κ1) is 21.1. The summed E-state index contributed by atoms with van der Waals surface area (Å²) < 4.78 is 36.5. The SMILES string of the molecule is CCOC(=O)c1cc(COC)cc(S(=O)(=O)N(CC(=O)O)C(C)C)c1. The molecule has 0 atom stereocenters. The van der Waals surface area contributed by atoms with Crippen molar-refractivity contribution < 1.29 is 32.6 Å². The van der Waals surface area contributed by atoms with Gasteiger partial charge in [0, 0.05) is 13.2 Å². The fourth-order valence-corrected chi connectivity index (χ4v) is 3.89. The van der Waals surface area contributed by atoms with Crippen molar-refractivity contribution in [2.45, 2.75) is 38.3 Å². The molecule has 8 nitrogen and oxygen atoms in total. The summed E-state index contributed by atoms with van der Waals surface area (Å²) in [6, 6.07) is 3.46. The Bertz CT molecular complexity index is 728. The van der Waals surface area contributed by atoms with Crippen molar-refractivity contribution in [3.63, 3.8) is 0 Å². The van der Waals surface area contributed by atoms with Crippen LogP contribution in [0.15, 0.2) is 23.1 Å². The predicted octanol–water partition coefficient (Wildman–Crippen LogP) is 1.49. The number of hydrogen-bond donors (Lipinski definition) is 1. The van der Waals surface area contributed by atoms with Gasteiger partial charge < -0.3 is 14.6 Å². The Morgan fingerprint density at radius 3 is 2.36 bits per heavy atom. The number of carbonyl (C=O) groups is 2. The first-order valence-corrected chi connectivity index (χ1v) is 9.11. The van der Waals surface area contributed by atoms with Crippen LogP contribution in [-0.2, 0) is 30.9 Å². The molecular weight excluding hydrogens is 350 g/mol. The molecular formula is C16H23NO7S. The molecule has 0 unspecified atom stereocenters. The fraction of sp³-hybridized carbons (Fsp3) is 0.500. The van der Waals surface area contributed by atoms with E-state index in [1.165, 1.54) is 25.3 Å². The van der Waals surface area contributed by atoms with Crippen molar-refractivity contribution in [1.29, 1.82) is 0 Å². The zero-order valence-corrected chi connectivity index (χ0v) is 15.5. The molecule has 0 heterocycles. The zero-order chi connectivity index (χ0) is 19.2. The molecule has 0 aliphatic heterocycles. The summed E-state index contributed by atoms with van der Waals surface area (Å²) in [5.74, 6) is -1.93. The molecule has 0 saturated heterocycles.